The average molecular weight is 197 g/mol. The molecule has 0 radical (unpaired) electrons. The maximum Gasteiger partial charge on any atom is 0.0431 e. The maximum atomic E-state index is 8.91. The van der Waals surface area contributed by atoms with Crippen molar-refractivity contribution in [2.24, 2.45) is 17.8 Å². The SMILES string of the molecule is OCCCC(C1CCCC1)C1CNC1. The molecule has 0 aromatic rings. The first-order chi connectivity index (χ1) is 6.92. The molecule has 1 saturated heterocycles. The van der Waals surface area contributed by atoms with Gasteiger partial charge in [-0.2, -0.15) is 0 Å². The minimum absolute atomic E-state index is 0.378. The third-order valence-corrected chi connectivity index (χ3v) is 4.12. The van der Waals surface area contributed by atoms with Gasteiger partial charge in [-0.1, -0.05) is 25.7 Å². The zero-order valence-electron chi connectivity index (χ0n) is 9.04. The zero-order valence-corrected chi connectivity index (χ0v) is 9.04. The Bertz CT molecular complexity index is 162. The molecule has 0 amide bonds. The Balaban J connectivity index is 1.83. The van der Waals surface area contributed by atoms with E-state index in [-0.39, 0.29) is 0 Å². The predicted octanol–water partition coefficient (Wildman–Crippen LogP) is 1.78. The van der Waals surface area contributed by atoms with Gasteiger partial charge in [-0.3, -0.25) is 0 Å². The molecule has 0 aromatic carbocycles. The maximum absolute atomic E-state index is 8.91. The molecule has 1 aliphatic carbocycles. The first kappa shape index (κ1) is 10.4. The third kappa shape index (κ3) is 2.29. The second-order valence-electron chi connectivity index (χ2n) is 4.99. The molecular formula is C12H23NO. The Labute approximate surface area is 87.1 Å². The standard InChI is InChI=1S/C12H23NO/c14-7-3-6-12(11-8-13-9-11)10-4-1-2-5-10/h10-14H,1-9H2. The highest BCUT2D eigenvalue weighted by molar-refractivity contribution is 4.87. The van der Waals surface area contributed by atoms with Gasteiger partial charge in [-0.25, -0.2) is 0 Å². The van der Waals surface area contributed by atoms with E-state index in [9.17, 15) is 0 Å². The first-order valence-corrected chi connectivity index (χ1v) is 6.23. The van der Waals surface area contributed by atoms with Crippen molar-refractivity contribution >= 4 is 0 Å². The quantitative estimate of drug-likeness (QED) is 0.704. The van der Waals surface area contributed by atoms with Gasteiger partial charge in [-0.15, -0.1) is 0 Å². The van der Waals surface area contributed by atoms with E-state index < -0.39 is 0 Å². The van der Waals surface area contributed by atoms with Crippen LogP contribution in [0.5, 0.6) is 0 Å². The summed E-state index contributed by atoms with van der Waals surface area (Å²) in [4.78, 5) is 0. The minimum atomic E-state index is 0.378. The number of nitrogens with one attached hydrogen (secondary N) is 1. The van der Waals surface area contributed by atoms with Gasteiger partial charge in [0.15, 0.2) is 0 Å². The van der Waals surface area contributed by atoms with E-state index in [1.54, 1.807) is 0 Å². The molecule has 1 atom stereocenters. The van der Waals surface area contributed by atoms with E-state index in [4.69, 9.17) is 5.11 Å². The number of hydrogen-bond acceptors (Lipinski definition) is 2. The second-order valence-corrected chi connectivity index (χ2v) is 4.99. The van der Waals surface area contributed by atoms with Gasteiger partial charge >= 0.3 is 0 Å². The molecule has 2 nitrogen and oxygen atoms in total. The summed E-state index contributed by atoms with van der Waals surface area (Å²) in [6.07, 6.45) is 8.06. The molecule has 1 unspecified atom stereocenters. The number of rotatable bonds is 5. The highest BCUT2D eigenvalue weighted by atomic mass is 16.2. The Morgan fingerprint density at radius 3 is 2.36 bits per heavy atom. The molecule has 0 spiro atoms. The fourth-order valence-corrected chi connectivity index (χ4v) is 3.18. The van der Waals surface area contributed by atoms with Crippen LogP contribution < -0.4 is 5.32 Å². The topological polar surface area (TPSA) is 32.3 Å². The molecule has 0 aromatic heterocycles. The Hall–Kier alpha value is -0.0800. The number of aliphatic hydroxyl groups excluding tert-OH is 1. The Morgan fingerprint density at radius 2 is 1.86 bits per heavy atom. The summed E-state index contributed by atoms with van der Waals surface area (Å²) < 4.78 is 0. The van der Waals surface area contributed by atoms with Crippen LogP contribution in [0.15, 0.2) is 0 Å². The van der Waals surface area contributed by atoms with E-state index >= 15 is 0 Å². The van der Waals surface area contributed by atoms with Crippen molar-refractivity contribution in [2.45, 2.75) is 38.5 Å². The Kier molecular flexibility index (Phi) is 3.82. The minimum Gasteiger partial charge on any atom is -0.396 e. The van der Waals surface area contributed by atoms with Crippen molar-refractivity contribution in [3.05, 3.63) is 0 Å². The summed E-state index contributed by atoms with van der Waals surface area (Å²) in [5.74, 6) is 2.81. The molecule has 1 heterocycles. The molecule has 1 aliphatic heterocycles. The van der Waals surface area contributed by atoms with E-state index in [1.165, 1.54) is 45.2 Å². The summed E-state index contributed by atoms with van der Waals surface area (Å²) >= 11 is 0. The van der Waals surface area contributed by atoms with E-state index in [1.807, 2.05) is 0 Å². The molecule has 1 saturated carbocycles. The summed E-state index contributed by atoms with van der Waals surface area (Å²) in [6.45, 7) is 2.84. The molecule has 2 fully saturated rings. The summed E-state index contributed by atoms with van der Waals surface area (Å²) in [5, 5.41) is 12.3. The van der Waals surface area contributed by atoms with Gasteiger partial charge in [0.1, 0.15) is 0 Å². The van der Waals surface area contributed by atoms with E-state index in [0.29, 0.717) is 6.61 Å². The van der Waals surface area contributed by atoms with Crippen molar-refractivity contribution in [3.8, 4) is 0 Å². The van der Waals surface area contributed by atoms with Crippen LogP contribution in [0.4, 0.5) is 0 Å². The lowest BCUT2D eigenvalue weighted by molar-refractivity contribution is 0.143. The van der Waals surface area contributed by atoms with E-state index in [0.717, 1.165) is 24.2 Å². The van der Waals surface area contributed by atoms with Crippen LogP contribution in [0.3, 0.4) is 0 Å². The largest absolute Gasteiger partial charge is 0.396 e. The smallest absolute Gasteiger partial charge is 0.0431 e. The lowest BCUT2D eigenvalue weighted by atomic mass is 9.75. The van der Waals surface area contributed by atoms with Gasteiger partial charge in [0.2, 0.25) is 0 Å². The fraction of sp³-hybridized carbons (Fsp3) is 1.00. The molecule has 2 N–H and O–H groups in total. The highest BCUT2D eigenvalue weighted by Crippen LogP contribution is 2.38. The van der Waals surface area contributed by atoms with Gasteiger partial charge < -0.3 is 10.4 Å². The van der Waals surface area contributed by atoms with Crippen molar-refractivity contribution in [1.82, 2.24) is 5.32 Å². The second kappa shape index (κ2) is 5.13. The van der Waals surface area contributed by atoms with Crippen molar-refractivity contribution in [1.29, 1.82) is 0 Å². The molecular weight excluding hydrogens is 174 g/mol. The Morgan fingerprint density at radius 1 is 1.14 bits per heavy atom. The summed E-state index contributed by atoms with van der Waals surface area (Å²) in [6, 6.07) is 0. The van der Waals surface area contributed by atoms with Gasteiger partial charge in [-0.05, 0) is 43.7 Å². The van der Waals surface area contributed by atoms with Crippen molar-refractivity contribution < 1.29 is 5.11 Å². The van der Waals surface area contributed by atoms with Crippen LogP contribution in [0.1, 0.15) is 38.5 Å². The normalized spacial score (nSPS) is 26.4. The monoisotopic (exact) mass is 197 g/mol. The van der Waals surface area contributed by atoms with Gasteiger partial charge in [0.05, 0.1) is 0 Å². The summed E-state index contributed by atoms with van der Waals surface area (Å²) in [7, 11) is 0. The third-order valence-electron chi connectivity index (χ3n) is 4.12. The zero-order chi connectivity index (χ0) is 9.80. The molecule has 14 heavy (non-hydrogen) atoms. The predicted molar refractivity (Wildman–Crippen MR) is 58.1 cm³/mol. The van der Waals surface area contributed by atoms with Crippen LogP contribution in [0, 0.1) is 17.8 Å². The molecule has 2 heteroatoms. The van der Waals surface area contributed by atoms with Crippen LogP contribution >= 0.6 is 0 Å². The van der Waals surface area contributed by atoms with Crippen LogP contribution in [-0.4, -0.2) is 24.8 Å². The highest BCUT2D eigenvalue weighted by Gasteiger charge is 2.33. The van der Waals surface area contributed by atoms with E-state index in [2.05, 4.69) is 5.32 Å². The molecule has 2 aliphatic rings. The van der Waals surface area contributed by atoms with Crippen LogP contribution in [0.25, 0.3) is 0 Å². The van der Waals surface area contributed by atoms with Gasteiger partial charge in [0, 0.05) is 6.61 Å². The lowest BCUT2D eigenvalue weighted by Gasteiger charge is -2.38. The molecule has 2 rings (SSSR count). The van der Waals surface area contributed by atoms with Crippen molar-refractivity contribution in [3.63, 3.8) is 0 Å². The first-order valence-electron chi connectivity index (χ1n) is 6.23. The van der Waals surface area contributed by atoms with Gasteiger partial charge in [0.25, 0.3) is 0 Å². The van der Waals surface area contributed by atoms with Crippen molar-refractivity contribution in [2.75, 3.05) is 19.7 Å². The number of aliphatic hydroxyl groups is 1. The van der Waals surface area contributed by atoms with Crippen LogP contribution in [0.2, 0.25) is 0 Å². The lowest BCUT2D eigenvalue weighted by Crippen LogP contribution is -2.47. The van der Waals surface area contributed by atoms with Crippen LogP contribution in [-0.2, 0) is 0 Å². The molecule has 82 valence electrons. The average Bonchev–Trinajstić information content (AvgIpc) is 2.61. The molecule has 0 bridgehead atoms. The number of hydrogen-bond donors (Lipinski definition) is 2. The summed E-state index contributed by atoms with van der Waals surface area (Å²) in [5.41, 5.74) is 0. The fourth-order valence-electron chi connectivity index (χ4n) is 3.18.